The standard InChI is InChI=1S/C25H24ClN3O3/c1-15(28-23(31)18-9-4-5-10-19(18)24(28)32)22(30)29-20(16-7-6-8-17(26)13-16)11-12-21(29)25(2,3)14-27/h4-10,13,15,20-21H,11-12H2,1-3H3/t15?,20-,21-/m0/s1. The summed E-state index contributed by atoms with van der Waals surface area (Å²) in [6.07, 6.45) is 1.30. The van der Waals surface area contributed by atoms with Crippen molar-refractivity contribution < 1.29 is 14.4 Å². The molecule has 2 aromatic rings. The third kappa shape index (κ3) is 3.47. The molecular formula is C25H24ClN3O3. The number of carbonyl (C=O) groups excluding carboxylic acids is 3. The van der Waals surface area contributed by atoms with Crippen LogP contribution in [0.2, 0.25) is 5.02 Å². The van der Waals surface area contributed by atoms with E-state index in [1.807, 2.05) is 32.0 Å². The molecule has 0 N–H and O–H groups in total. The molecule has 2 aromatic carbocycles. The Morgan fingerprint density at radius 2 is 1.72 bits per heavy atom. The largest absolute Gasteiger partial charge is 0.329 e. The summed E-state index contributed by atoms with van der Waals surface area (Å²) in [7, 11) is 0. The molecule has 2 aliphatic heterocycles. The van der Waals surface area contributed by atoms with Gasteiger partial charge in [-0.3, -0.25) is 19.3 Å². The molecular weight excluding hydrogens is 426 g/mol. The summed E-state index contributed by atoms with van der Waals surface area (Å²) < 4.78 is 0. The molecule has 0 spiro atoms. The molecule has 6 nitrogen and oxygen atoms in total. The third-order valence-corrected chi connectivity index (χ3v) is 6.80. The first-order chi connectivity index (χ1) is 15.2. The Hall–Kier alpha value is -3.17. The molecule has 0 aromatic heterocycles. The van der Waals surface area contributed by atoms with E-state index in [0.29, 0.717) is 29.0 Å². The number of rotatable bonds is 4. The van der Waals surface area contributed by atoms with Crippen molar-refractivity contribution in [2.75, 3.05) is 0 Å². The maximum Gasteiger partial charge on any atom is 0.262 e. The van der Waals surface area contributed by atoms with E-state index >= 15 is 0 Å². The number of halogens is 1. The number of benzene rings is 2. The normalized spacial score (nSPS) is 21.5. The highest BCUT2D eigenvalue weighted by molar-refractivity contribution is 6.30. The fraction of sp³-hybridized carbons (Fsp3) is 0.360. The Labute approximate surface area is 192 Å². The highest BCUT2D eigenvalue weighted by atomic mass is 35.5. The molecule has 164 valence electrons. The van der Waals surface area contributed by atoms with Gasteiger partial charge in [-0.2, -0.15) is 5.26 Å². The molecule has 3 amide bonds. The SMILES string of the molecule is CC(C(=O)N1[C@H](C(C)(C)C#N)CC[C@H]1c1cccc(Cl)c1)N1C(=O)c2ccccc2C1=O. The predicted octanol–water partition coefficient (Wildman–Crippen LogP) is 4.61. The van der Waals surface area contributed by atoms with Crippen LogP contribution in [0.4, 0.5) is 0 Å². The fourth-order valence-electron chi connectivity index (χ4n) is 4.83. The predicted molar refractivity (Wildman–Crippen MR) is 120 cm³/mol. The number of nitriles is 1. The van der Waals surface area contributed by atoms with Crippen molar-refractivity contribution >= 4 is 29.3 Å². The van der Waals surface area contributed by atoms with Crippen molar-refractivity contribution in [3.8, 4) is 6.07 Å². The number of likely N-dealkylation sites (tertiary alicyclic amines) is 1. The van der Waals surface area contributed by atoms with Crippen molar-refractivity contribution in [3.05, 3.63) is 70.2 Å². The molecule has 4 rings (SSSR count). The number of hydrogen-bond acceptors (Lipinski definition) is 4. The lowest BCUT2D eigenvalue weighted by atomic mass is 9.84. The van der Waals surface area contributed by atoms with Crippen LogP contribution in [0.3, 0.4) is 0 Å². The summed E-state index contributed by atoms with van der Waals surface area (Å²) in [5, 5.41) is 10.3. The summed E-state index contributed by atoms with van der Waals surface area (Å²) >= 11 is 6.21. The van der Waals surface area contributed by atoms with E-state index in [9.17, 15) is 19.6 Å². The van der Waals surface area contributed by atoms with Gasteiger partial charge in [-0.25, -0.2) is 0 Å². The van der Waals surface area contributed by atoms with Gasteiger partial charge < -0.3 is 4.90 Å². The van der Waals surface area contributed by atoms with Gasteiger partial charge in [0.1, 0.15) is 6.04 Å². The molecule has 32 heavy (non-hydrogen) atoms. The van der Waals surface area contributed by atoms with E-state index in [2.05, 4.69) is 6.07 Å². The third-order valence-electron chi connectivity index (χ3n) is 6.56. The molecule has 2 aliphatic rings. The highest BCUT2D eigenvalue weighted by Crippen LogP contribution is 2.44. The molecule has 1 fully saturated rings. The van der Waals surface area contributed by atoms with Crippen LogP contribution >= 0.6 is 11.6 Å². The van der Waals surface area contributed by atoms with E-state index in [1.165, 1.54) is 0 Å². The van der Waals surface area contributed by atoms with Crippen LogP contribution in [-0.2, 0) is 4.79 Å². The average Bonchev–Trinajstić information content (AvgIpc) is 3.34. The van der Waals surface area contributed by atoms with Crippen LogP contribution in [-0.4, -0.2) is 39.6 Å². The molecule has 0 aliphatic carbocycles. The first kappa shape index (κ1) is 22.0. The molecule has 0 radical (unpaired) electrons. The zero-order valence-electron chi connectivity index (χ0n) is 18.2. The molecule has 7 heteroatoms. The van der Waals surface area contributed by atoms with Crippen LogP contribution in [0.25, 0.3) is 0 Å². The topological polar surface area (TPSA) is 81.5 Å². The summed E-state index contributed by atoms with van der Waals surface area (Å²) in [6.45, 7) is 5.20. The van der Waals surface area contributed by atoms with Gasteiger partial charge in [0, 0.05) is 5.02 Å². The quantitative estimate of drug-likeness (QED) is 0.638. The van der Waals surface area contributed by atoms with Crippen molar-refractivity contribution in [3.63, 3.8) is 0 Å². The molecule has 1 saturated heterocycles. The molecule has 2 heterocycles. The Kier molecular flexibility index (Phi) is 5.56. The average molecular weight is 450 g/mol. The second kappa shape index (κ2) is 8.07. The van der Waals surface area contributed by atoms with Gasteiger partial charge >= 0.3 is 0 Å². The number of carbonyl (C=O) groups is 3. The van der Waals surface area contributed by atoms with Gasteiger partial charge in [0.25, 0.3) is 11.8 Å². The Balaban J connectivity index is 1.72. The van der Waals surface area contributed by atoms with E-state index in [-0.39, 0.29) is 18.0 Å². The van der Waals surface area contributed by atoms with Crippen molar-refractivity contribution in [1.29, 1.82) is 5.26 Å². The second-order valence-corrected chi connectivity index (χ2v) is 9.38. The lowest BCUT2D eigenvalue weighted by molar-refractivity contribution is -0.139. The van der Waals surface area contributed by atoms with Crippen LogP contribution in [0.1, 0.15) is 65.9 Å². The summed E-state index contributed by atoms with van der Waals surface area (Å²) in [6, 6.07) is 14.6. The van der Waals surface area contributed by atoms with Crippen LogP contribution < -0.4 is 0 Å². The zero-order valence-corrected chi connectivity index (χ0v) is 19.0. The van der Waals surface area contributed by atoms with Crippen LogP contribution in [0.5, 0.6) is 0 Å². The smallest absolute Gasteiger partial charge is 0.262 e. The van der Waals surface area contributed by atoms with E-state index in [1.54, 1.807) is 42.2 Å². The summed E-state index contributed by atoms with van der Waals surface area (Å²) in [5.74, 6) is -1.29. The molecule has 0 saturated carbocycles. The maximum atomic E-state index is 13.9. The van der Waals surface area contributed by atoms with Crippen LogP contribution in [0, 0.1) is 16.7 Å². The second-order valence-electron chi connectivity index (χ2n) is 8.94. The lowest BCUT2D eigenvalue weighted by Crippen LogP contribution is -2.53. The maximum absolute atomic E-state index is 13.9. The molecule has 3 atom stereocenters. The first-order valence-electron chi connectivity index (χ1n) is 10.6. The monoisotopic (exact) mass is 449 g/mol. The van der Waals surface area contributed by atoms with Gasteiger partial charge in [0.2, 0.25) is 5.91 Å². The fourth-order valence-corrected chi connectivity index (χ4v) is 5.03. The minimum atomic E-state index is -1.00. The minimum absolute atomic E-state index is 0.295. The number of imide groups is 1. The zero-order chi connectivity index (χ0) is 23.2. The van der Waals surface area contributed by atoms with E-state index in [4.69, 9.17) is 11.6 Å². The number of fused-ring (bicyclic) bond motifs is 1. The van der Waals surface area contributed by atoms with Gasteiger partial charge in [-0.05, 0) is 63.4 Å². The highest BCUT2D eigenvalue weighted by Gasteiger charge is 2.49. The van der Waals surface area contributed by atoms with E-state index in [0.717, 1.165) is 10.5 Å². The van der Waals surface area contributed by atoms with Gasteiger partial charge in [0.15, 0.2) is 0 Å². The molecule has 1 unspecified atom stereocenters. The Morgan fingerprint density at radius 1 is 1.09 bits per heavy atom. The number of amides is 3. The van der Waals surface area contributed by atoms with Gasteiger partial charge in [0.05, 0.1) is 34.7 Å². The Bertz CT molecular complexity index is 1120. The minimum Gasteiger partial charge on any atom is -0.329 e. The number of nitrogens with zero attached hydrogens (tertiary/aromatic N) is 3. The van der Waals surface area contributed by atoms with Gasteiger partial charge in [-0.15, -0.1) is 0 Å². The van der Waals surface area contributed by atoms with E-state index < -0.39 is 23.3 Å². The number of hydrogen-bond donors (Lipinski definition) is 0. The summed E-state index contributed by atoms with van der Waals surface area (Å²) in [4.78, 5) is 42.5. The Morgan fingerprint density at radius 3 is 2.28 bits per heavy atom. The van der Waals surface area contributed by atoms with Gasteiger partial charge in [-0.1, -0.05) is 35.9 Å². The van der Waals surface area contributed by atoms with Crippen molar-refractivity contribution in [1.82, 2.24) is 9.80 Å². The molecule has 0 bridgehead atoms. The van der Waals surface area contributed by atoms with Crippen LogP contribution in [0.15, 0.2) is 48.5 Å². The summed E-state index contributed by atoms with van der Waals surface area (Å²) in [5.41, 5.74) is 0.680. The van der Waals surface area contributed by atoms with Crippen molar-refractivity contribution in [2.24, 2.45) is 5.41 Å². The van der Waals surface area contributed by atoms with Crippen molar-refractivity contribution in [2.45, 2.75) is 51.7 Å². The lowest BCUT2D eigenvalue weighted by Gasteiger charge is -2.39. The first-order valence-corrected chi connectivity index (χ1v) is 11.0.